The van der Waals surface area contributed by atoms with Crippen LogP contribution in [0.2, 0.25) is 0 Å². The number of para-hydroxylation sites is 1. The van der Waals surface area contributed by atoms with Gasteiger partial charge in [-0.15, -0.1) is 11.8 Å². The van der Waals surface area contributed by atoms with Crippen molar-refractivity contribution in [2.45, 2.75) is 29.6 Å². The SMILES string of the molecule is CCSc1ccccc1NC(=O)[C@H]1CCCN(S(=O)(=O)c2ccccc2)C1. The van der Waals surface area contributed by atoms with Crippen LogP contribution >= 0.6 is 11.8 Å². The molecule has 2 aromatic carbocycles. The van der Waals surface area contributed by atoms with Gasteiger partial charge >= 0.3 is 0 Å². The molecule has 3 rings (SSSR count). The largest absolute Gasteiger partial charge is 0.325 e. The van der Waals surface area contributed by atoms with Crippen LogP contribution in [0, 0.1) is 5.92 Å². The Bertz CT molecular complexity index is 885. The number of carbonyl (C=O) groups is 1. The third-order valence-corrected chi connectivity index (χ3v) is 7.42. The fourth-order valence-corrected chi connectivity index (χ4v) is 5.51. The smallest absolute Gasteiger partial charge is 0.243 e. The van der Waals surface area contributed by atoms with E-state index in [0.29, 0.717) is 19.4 Å². The molecule has 0 aliphatic carbocycles. The second-order valence-corrected chi connectivity index (χ2v) is 9.68. The molecule has 1 N–H and O–H groups in total. The number of carbonyl (C=O) groups excluding carboxylic acids is 1. The van der Waals surface area contributed by atoms with Crippen LogP contribution in [0.3, 0.4) is 0 Å². The lowest BCUT2D eigenvalue weighted by molar-refractivity contribution is -0.120. The molecule has 0 spiro atoms. The van der Waals surface area contributed by atoms with Gasteiger partial charge in [0, 0.05) is 18.0 Å². The predicted octanol–water partition coefficient (Wildman–Crippen LogP) is 3.84. The summed E-state index contributed by atoms with van der Waals surface area (Å²) in [6.45, 7) is 2.73. The molecule has 1 aliphatic rings. The Kier molecular flexibility index (Phi) is 6.57. The first-order valence-electron chi connectivity index (χ1n) is 9.10. The van der Waals surface area contributed by atoms with Crippen LogP contribution in [0.1, 0.15) is 19.8 Å². The summed E-state index contributed by atoms with van der Waals surface area (Å²) in [6, 6.07) is 16.1. The van der Waals surface area contributed by atoms with Crippen LogP contribution in [0.15, 0.2) is 64.4 Å². The Balaban J connectivity index is 1.72. The molecule has 0 unspecified atom stereocenters. The maximum atomic E-state index is 12.8. The van der Waals surface area contributed by atoms with Crippen molar-refractivity contribution in [3.63, 3.8) is 0 Å². The molecule has 1 fully saturated rings. The number of hydrogen-bond donors (Lipinski definition) is 1. The van der Waals surface area contributed by atoms with E-state index in [2.05, 4.69) is 12.2 Å². The van der Waals surface area contributed by atoms with E-state index in [1.54, 1.807) is 42.1 Å². The van der Waals surface area contributed by atoms with Crippen LogP contribution in [-0.2, 0) is 14.8 Å². The molecule has 0 radical (unpaired) electrons. The number of nitrogens with zero attached hydrogens (tertiary/aromatic N) is 1. The molecule has 0 saturated carbocycles. The Morgan fingerprint density at radius 3 is 2.59 bits per heavy atom. The lowest BCUT2D eigenvalue weighted by Crippen LogP contribution is -2.43. The minimum absolute atomic E-state index is 0.118. The molecule has 2 aromatic rings. The quantitative estimate of drug-likeness (QED) is 0.743. The van der Waals surface area contributed by atoms with Crippen molar-refractivity contribution in [3.8, 4) is 0 Å². The van der Waals surface area contributed by atoms with Gasteiger partial charge in [0.2, 0.25) is 15.9 Å². The Hall–Kier alpha value is -1.83. The molecule has 5 nitrogen and oxygen atoms in total. The van der Waals surface area contributed by atoms with E-state index in [1.165, 1.54) is 4.31 Å². The van der Waals surface area contributed by atoms with E-state index in [0.717, 1.165) is 16.3 Å². The number of hydrogen-bond acceptors (Lipinski definition) is 4. The van der Waals surface area contributed by atoms with Crippen molar-refractivity contribution in [2.24, 2.45) is 5.92 Å². The fourth-order valence-electron chi connectivity index (χ4n) is 3.20. The summed E-state index contributed by atoms with van der Waals surface area (Å²) >= 11 is 1.67. The Morgan fingerprint density at radius 2 is 1.85 bits per heavy atom. The lowest BCUT2D eigenvalue weighted by Gasteiger charge is -2.31. The third-order valence-electron chi connectivity index (χ3n) is 4.58. The minimum Gasteiger partial charge on any atom is -0.325 e. The zero-order chi connectivity index (χ0) is 19.3. The van der Waals surface area contributed by atoms with Crippen LogP contribution in [-0.4, -0.2) is 37.5 Å². The fraction of sp³-hybridized carbons (Fsp3) is 0.350. The standard InChI is InChI=1S/C20H24N2O3S2/c1-2-26-19-13-7-6-12-18(19)21-20(23)16-9-8-14-22(15-16)27(24,25)17-10-4-3-5-11-17/h3-7,10-13,16H,2,8-9,14-15H2,1H3,(H,21,23)/t16-/m0/s1. The highest BCUT2D eigenvalue weighted by atomic mass is 32.2. The number of sulfonamides is 1. The predicted molar refractivity (Wildman–Crippen MR) is 109 cm³/mol. The van der Waals surface area contributed by atoms with E-state index in [4.69, 9.17) is 0 Å². The zero-order valence-electron chi connectivity index (χ0n) is 15.3. The highest BCUT2D eigenvalue weighted by molar-refractivity contribution is 7.99. The van der Waals surface area contributed by atoms with Gasteiger partial charge in [0.05, 0.1) is 16.5 Å². The number of amides is 1. The van der Waals surface area contributed by atoms with E-state index in [1.807, 2.05) is 24.3 Å². The molecule has 1 atom stereocenters. The summed E-state index contributed by atoms with van der Waals surface area (Å²) in [7, 11) is -3.57. The van der Waals surface area contributed by atoms with E-state index < -0.39 is 10.0 Å². The average Bonchev–Trinajstić information content (AvgIpc) is 2.70. The van der Waals surface area contributed by atoms with Gasteiger partial charge in [0.15, 0.2) is 0 Å². The maximum Gasteiger partial charge on any atom is 0.243 e. The van der Waals surface area contributed by atoms with Crippen LogP contribution in [0.25, 0.3) is 0 Å². The first-order valence-corrected chi connectivity index (χ1v) is 11.5. The number of thioether (sulfide) groups is 1. The third kappa shape index (κ3) is 4.72. The normalized spacial score (nSPS) is 18.2. The lowest BCUT2D eigenvalue weighted by atomic mass is 9.99. The molecule has 0 bridgehead atoms. The number of anilines is 1. The molecule has 1 aliphatic heterocycles. The first-order chi connectivity index (χ1) is 13.0. The summed E-state index contributed by atoms with van der Waals surface area (Å²) in [5.41, 5.74) is 0.789. The van der Waals surface area contributed by atoms with E-state index in [9.17, 15) is 13.2 Å². The van der Waals surface area contributed by atoms with Crippen LogP contribution in [0.4, 0.5) is 5.69 Å². The van der Waals surface area contributed by atoms with Gasteiger partial charge in [0.1, 0.15) is 0 Å². The second kappa shape index (κ2) is 8.91. The van der Waals surface area contributed by atoms with Crippen molar-refractivity contribution < 1.29 is 13.2 Å². The average molecular weight is 405 g/mol. The van der Waals surface area contributed by atoms with Crippen LogP contribution in [0.5, 0.6) is 0 Å². The molecule has 144 valence electrons. The van der Waals surface area contributed by atoms with E-state index in [-0.39, 0.29) is 23.3 Å². The number of piperidine rings is 1. The number of benzene rings is 2. The van der Waals surface area contributed by atoms with Gasteiger partial charge in [-0.25, -0.2) is 8.42 Å². The van der Waals surface area contributed by atoms with Gasteiger partial charge in [-0.05, 0) is 42.9 Å². The molecular weight excluding hydrogens is 380 g/mol. The summed E-state index contributed by atoms with van der Waals surface area (Å²) < 4.78 is 27.1. The summed E-state index contributed by atoms with van der Waals surface area (Å²) in [4.78, 5) is 14.1. The molecule has 1 saturated heterocycles. The molecule has 7 heteroatoms. The molecule has 1 heterocycles. The maximum absolute atomic E-state index is 12.8. The van der Waals surface area contributed by atoms with Crippen molar-refractivity contribution in [1.29, 1.82) is 0 Å². The molecular formula is C20H24N2O3S2. The number of nitrogens with one attached hydrogen (secondary N) is 1. The van der Waals surface area contributed by atoms with Crippen LogP contribution < -0.4 is 5.32 Å². The van der Waals surface area contributed by atoms with Crippen molar-refractivity contribution >= 4 is 33.4 Å². The molecule has 0 aromatic heterocycles. The summed E-state index contributed by atoms with van der Waals surface area (Å²) in [6.07, 6.45) is 1.37. The topological polar surface area (TPSA) is 66.5 Å². The minimum atomic E-state index is -3.57. The highest BCUT2D eigenvalue weighted by Gasteiger charge is 2.33. The first kappa shape index (κ1) is 19.9. The Morgan fingerprint density at radius 1 is 1.15 bits per heavy atom. The highest BCUT2D eigenvalue weighted by Crippen LogP contribution is 2.29. The van der Waals surface area contributed by atoms with Gasteiger partial charge in [-0.1, -0.05) is 37.3 Å². The van der Waals surface area contributed by atoms with Crippen molar-refractivity contribution in [3.05, 3.63) is 54.6 Å². The Labute approximate surface area is 165 Å². The van der Waals surface area contributed by atoms with E-state index >= 15 is 0 Å². The molecule has 1 amide bonds. The summed E-state index contributed by atoms with van der Waals surface area (Å²) in [5.74, 6) is 0.448. The monoisotopic (exact) mass is 404 g/mol. The number of rotatable bonds is 6. The van der Waals surface area contributed by atoms with Gasteiger partial charge in [-0.2, -0.15) is 4.31 Å². The second-order valence-electron chi connectivity index (χ2n) is 6.43. The van der Waals surface area contributed by atoms with Crippen molar-refractivity contribution in [2.75, 3.05) is 24.2 Å². The molecule has 27 heavy (non-hydrogen) atoms. The zero-order valence-corrected chi connectivity index (χ0v) is 16.9. The van der Waals surface area contributed by atoms with Gasteiger partial charge in [-0.3, -0.25) is 4.79 Å². The van der Waals surface area contributed by atoms with Gasteiger partial charge in [0.25, 0.3) is 0 Å². The van der Waals surface area contributed by atoms with Crippen molar-refractivity contribution in [1.82, 2.24) is 4.31 Å². The van der Waals surface area contributed by atoms with Gasteiger partial charge < -0.3 is 5.32 Å². The summed E-state index contributed by atoms with van der Waals surface area (Å²) in [5, 5.41) is 3.00.